The SMILES string of the molecule is CN1CCCC2(CCN(c3ncc(O)cn3)CC2)C1=O. The van der Waals surface area contributed by atoms with E-state index in [1.807, 2.05) is 11.9 Å². The van der Waals surface area contributed by atoms with E-state index in [0.717, 1.165) is 45.3 Å². The van der Waals surface area contributed by atoms with Crippen LogP contribution < -0.4 is 4.90 Å². The molecule has 1 amide bonds. The molecule has 1 N–H and O–H groups in total. The fourth-order valence-electron chi connectivity index (χ4n) is 3.34. The van der Waals surface area contributed by atoms with Crippen molar-refractivity contribution in [2.24, 2.45) is 5.41 Å². The molecular formula is C14H20N4O2. The molecule has 0 atom stereocenters. The van der Waals surface area contributed by atoms with Gasteiger partial charge in [-0.05, 0) is 25.7 Å². The summed E-state index contributed by atoms with van der Waals surface area (Å²) in [4.78, 5) is 24.7. The maximum Gasteiger partial charge on any atom is 0.228 e. The van der Waals surface area contributed by atoms with Crippen molar-refractivity contribution in [1.29, 1.82) is 0 Å². The van der Waals surface area contributed by atoms with Crippen molar-refractivity contribution < 1.29 is 9.90 Å². The monoisotopic (exact) mass is 276 g/mol. The Morgan fingerprint density at radius 3 is 2.45 bits per heavy atom. The third-order valence-corrected chi connectivity index (χ3v) is 4.58. The van der Waals surface area contributed by atoms with Crippen molar-refractivity contribution in [2.75, 3.05) is 31.6 Å². The zero-order valence-corrected chi connectivity index (χ0v) is 11.7. The van der Waals surface area contributed by atoms with Gasteiger partial charge in [0.25, 0.3) is 0 Å². The molecule has 3 rings (SSSR count). The lowest BCUT2D eigenvalue weighted by Crippen LogP contribution is -2.52. The summed E-state index contributed by atoms with van der Waals surface area (Å²) in [5.41, 5.74) is -0.166. The van der Waals surface area contributed by atoms with Crippen molar-refractivity contribution in [3.8, 4) is 5.75 Å². The van der Waals surface area contributed by atoms with Crippen LogP contribution in [0.15, 0.2) is 12.4 Å². The molecule has 0 saturated carbocycles. The molecule has 6 nitrogen and oxygen atoms in total. The van der Waals surface area contributed by atoms with Gasteiger partial charge in [0.15, 0.2) is 5.75 Å². The van der Waals surface area contributed by atoms with E-state index in [2.05, 4.69) is 14.9 Å². The summed E-state index contributed by atoms with van der Waals surface area (Å²) >= 11 is 0. The zero-order chi connectivity index (χ0) is 14.2. The third-order valence-electron chi connectivity index (χ3n) is 4.58. The number of amides is 1. The fourth-order valence-corrected chi connectivity index (χ4v) is 3.34. The second kappa shape index (κ2) is 4.92. The largest absolute Gasteiger partial charge is 0.505 e. The van der Waals surface area contributed by atoms with Crippen LogP contribution in [-0.2, 0) is 4.79 Å². The highest BCUT2D eigenvalue weighted by atomic mass is 16.3. The topological polar surface area (TPSA) is 69.6 Å². The Balaban J connectivity index is 1.70. The molecule has 20 heavy (non-hydrogen) atoms. The Morgan fingerprint density at radius 2 is 1.80 bits per heavy atom. The first-order valence-electron chi connectivity index (χ1n) is 7.12. The first kappa shape index (κ1) is 13.1. The van der Waals surface area contributed by atoms with Crippen molar-refractivity contribution in [3.63, 3.8) is 0 Å². The molecule has 1 aromatic heterocycles. The number of hydrogen-bond acceptors (Lipinski definition) is 5. The first-order valence-corrected chi connectivity index (χ1v) is 7.12. The molecule has 6 heteroatoms. The standard InChI is InChI=1S/C14H20N4O2/c1-17-6-2-3-14(12(17)20)4-7-18(8-5-14)13-15-9-11(19)10-16-13/h9-10,19H,2-8H2,1H3. The number of aromatic hydroxyl groups is 1. The number of anilines is 1. The average Bonchev–Trinajstić information content (AvgIpc) is 2.47. The number of carbonyl (C=O) groups excluding carboxylic acids is 1. The van der Waals surface area contributed by atoms with Crippen LogP contribution in [0.4, 0.5) is 5.95 Å². The normalized spacial score (nSPS) is 22.4. The van der Waals surface area contributed by atoms with Gasteiger partial charge in [0.05, 0.1) is 17.8 Å². The van der Waals surface area contributed by atoms with Crippen LogP contribution >= 0.6 is 0 Å². The van der Waals surface area contributed by atoms with Gasteiger partial charge in [-0.15, -0.1) is 0 Å². The number of carbonyl (C=O) groups is 1. The van der Waals surface area contributed by atoms with E-state index in [4.69, 9.17) is 0 Å². The summed E-state index contributed by atoms with van der Waals surface area (Å²) < 4.78 is 0. The molecule has 0 unspecified atom stereocenters. The minimum atomic E-state index is -0.166. The lowest BCUT2D eigenvalue weighted by molar-refractivity contribution is -0.146. The van der Waals surface area contributed by atoms with E-state index < -0.39 is 0 Å². The van der Waals surface area contributed by atoms with E-state index in [1.165, 1.54) is 12.4 Å². The number of nitrogens with zero attached hydrogens (tertiary/aromatic N) is 4. The van der Waals surface area contributed by atoms with Gasteiger partial charge in [0, 0.05) is 26.7 Å². The van der Waals surface area contributed by atoms with E-state index in [1.54, 1.807) is 0 Å². The van der Waals surface area contributed by atoms with Gasteiger partial charge < -0.3 is 14.9 Å². The Labute approximate surface area is 118 Å². The van der Waals surface area contributed by atoms with Crippen LogP contribution in [0, 0.1) is 5.41 Å². The summed E-state index contributed by atoms with van der Waals surface area (Å²) in [5, 5.41) is 9.22. The van der Waals surface area contributed by atoms with Crippen molar-refractivity contribution in [1.82, 2.24) is 14.9 Å². The number of hydrogen-bond donors (Lipinski definition) is 1. The average molecular weight is 276 g/mol. The molecular weight excluding hydrogens is 256 g/mol. The molecule has 2 saturated heterocycles. The second-order valence-corrected chi connectivity index (χ2v) is 5.84. The third kappa shape index (κ3) is 2.19. The minimum Gasteiger partial charge on any atom is -0.505 e. The predicted octanol–water partition coefficient (Wildman–Crippen LogP) is 1.02. The van der Waals surface area contributed by atoms with Crippen LogP contribution in [0.25, 0.3) is 0 Å². The molecule has 1 spiro atoms. The number of likely N-dealkylation sites (tertiary alicyclic amines) is 1. The predicted molar refractivity (Wildman–Crippen MR) is 74.4 cm³/mol. The van der Waals surface area contributed by atoms with Crippen molar-refractivity contribution in [3.05, 3.63) is 12.4 Å². The highest BCUT2D eigenvalue weighted by Gasteiger charge is 2.44. The van der Waals surface area contributed by atoms with Gasteiger partial charge in [-0.1, -0.05) is 0 Å². The van der Waals surface area contributed by atoms with E-state index in [9.17, 15) is 9.90 Å². The van der Waals surface area contributed by atoms with Gasteiger partial charge in [0.2, 0.25) is 11.9 Å². The van der Waals surface area contributed by atoms with E-state index in [0.29, 0.717) is 11.9 Å². The quantitative estimate of drug-likeness (QED) is 0.829. The van der Waals surface area contributed by atoms with Crippen LogP contribution in [0.5, 0.6) is 5.75 Å². The van der Waals surface area contributed by atoms with Crippen molar-refractivity contribution >= 4 is 11.9 Å². The van der Waals surface area contributed by atoms with Gasteiger partial charge in [-0.3, -0.25) is 4.79 Å². The van der Waals surface area contributed by atoms with Crippen LogP contribution in [-0.4, -0.2) is 52.6 Å². The number of rotatable bonds is 1. The molecule has 0 radical (unpaired) electrons. The molecule has 2 fully saturated rings. The van der Waals surface area contributed by atoms with Crippen LogP contribution in [0.1, 0.15) is 25.7 Å². The lowest BCUT2D eigenvalue weighted by Gasteiger charge is -2.45. The Hall–Kier alpha value is -1.85. The lowest BCUT2D eigenvalue weighted by atomic mass is 9.72. The molecule has 108 valence electrons. The summed E-state index contributed by atoms with van der Waals surface area (Å²) in [5.74, 6) is 1.01. The summed E-state index contributed by atoms with van der Waals surface area (Å²) in [6, 6.07) is 0. The molecule has 2 aliphatic heterocycles. The Morgan fingerprint density at radius 1 is 1.15 bits per heavy atom. The number of aromatic nitrogens is 2. The smallest absolute Gasteiger partial charge is 0.228 e. The number of piperidine rings is 2. The molecule has 0 aromatic carbocycles. The maximum absolute atomic E-state index is 12.4. The Kier molecular flexibility index (Phi) is 3.23. The van der Waals surface area contributed by atoms with Gasteiger partial charge in [-0.25, -0.2) is 9.97 Å². The molecule has 0 bridgehead atoms. The molecule has 2 aliphatic rings. The van der Waals surface area contributed by atoms with Gasteiger partial charge >= 0.3 is 0 Å². The zero-order valence-electron chi connectivity index (χ0n) is 11.7. The fraction of sp³-hybridized carbons (Fsp3) is 0.643. The second-order valence-electron chi connectivity index (χ2n) is 5.84. The van der Waals surface area contributed by atoms with Crippen LogP contribution in [0.2, 0.25) is 0 Å². The first-order chi connectivity index (χ1) is 9.61. The van der Waals surface area contributed by atoms with E-state index in [-0.39, 0.29) is 11.2 Å². The van der Waals surface area contributed by atoms with Crippen molar-refractivity contribution in [2.45, 2.75) is 25.7 Å². The molecule has 1 aromatic rings. The van der Waals surface area contributed by atoms with Gasteiger partial charge in [0.1, 0.15) is 0 Å². The van der Waals surface area contributed by atoms with Gasteiger partial charge in [-0.2, -0.15) is 0 Å². The maximum atomic E-state index is 12.4. The summed E-state index contributed by atoms with van der Waals surface area (Å²) in [7, 11) is 1.90. The summed E-state index contributed by atoms with van der Waals surface area (Å²) in [6.45, 7) is 2.47. The molecule has 3 heterocycles. The highest BCUT2D eigenvalue weighted by molar-refractivity contribution is 5.83. The summed E-state index contributed by atoms with van der Waals surface area (Å²) in [6.07, 6.45) is 6.64. The Bertz CT molecular complexity index is 494. The van der Waals surface area contributed by atoms with Crippen LogP contribution in [0.3, 0.4) is 0 Å². The minimum absolute atomic E-state index is 0.0753. The van der Waals surface area contributed by atoms with E-state index >= 15 is 0 Å². The highest BCUT2D eigenvalue weighted by Crippen LogP contribution is 2.40. The molecule has 0 aliphatic carbocycles.